The van der Waals surface area contributed by atoms with E-state index in [9.17, 15) is 14.4 Å². The number of pyridine rings is 1. The third-order valence-electron chi connectivity index (χ3n) is 6.25. The number of nitrogens with zero attached hydrogens (tertiary/aromatic N) is 2. The predicted octanol–water partition coefficient (Wildman–Crippen LogP) is 5.22. The number of nitrogens with one attached hydrogen (secondary N) is 3. The van der Waals surface area contributed by atoms with Gasteiger partial charge in [0.1, 0.15) is 23.8 Å². The monoisotopic (exact) mass is 607 g/mol. The fraction of sp³-hybridized carbons (Fsp3) is 0.517. The minimum absolute atomic E-state index is 0.111. The van der Waals surface area contributed by atoms with Gasteiger partial charge in [-0.1, -0.05) is 11.6 Å². The van der Waals surface area contributed by atoms with Crippen LogP contribution in [-0.2, 0) is 9.47 Å². The lowest BCUT2D eigenvalue weighted by Gasteiger charge is -2.35. The molecule has 2 aromatic rings. The fourth-order valence-electron chi connectivity index (χ4n) is 4.44. The predicted molar refractivity (Wildman–Crippen MR) is 156 cm³/mol. The first kappa shape index (κ1) is 32.9. The maximum absolute atomic E-state index is 15.0. The zero-order valence-electron chi connectivity index (χ0n) is 25.3. The van der Waals surface area contributed by atoms with Crippen molar-refractivity contribution in [3.05, 3.63) is 51.9 Å². The number of anilines is 1. The topological polar surface area (TPSA) is 131 Å². The van der Waals surface area contributed by atoms with Crippen LogP contribution in [0.2, 0.25) is 5.02 Å². The van der Waals surface area contributed by atoms with E-state index in [1.165, 1.54) is 11.1 Å². The molecule has 1 aromatic heterocycles. The molecule has 0 bridgehead atoms. The Morgan fingerprint density at radius 2 is 1.81 bits per heavy atom. The summed E-state index contributed by atoms with van der Waals surface area (Å²) >= 11 is 6.28. The molecule has 2 heterocycles. The Balaban J connectivity index is 1.67. The normalized spacial score (nSPS) is 18.0. The molecule has 3 rings (SSSR count). The summed E-state index contributed by atoms with van der Waals surface area (Å²) in [4.78, 5) is 43.9. The van der Waals surface area contributed by atoms with Crippen molar-refractivity contribution in [2.75, 3.05) is 11.9 Å². The molecule has 1 aromatic carbocycles. The Morgan fingerprint density at radius 1 is 1.17 bits per heavy atom. The van der Waals surface area contributed by atoms with Crippen molar-refractivity contribution < 1.29 is 33.0 Å². The Hall–Kier alpha value is -3.64. The van der Waals surface area contributed by atoms with Crippen molar-refractivity contribution in [2.24, 2.45) is 0 Å². The Bertz CT molecular complexity index is 1350. The summed E-state index contributed by atoms with van der Waals surface area (Å²) in [6.45, 7) is 16.1. The van der Waals surface area contributed by atoms with E-state index < -0.39 is 47.2 Å². The molecule has 11 nitrogen and oxygen atoms in total. The fourth-order valence-corrected chi connectivity index (χ4v) is 4.68. The number of aryl methyl sites for hydroxylation is 1. The molecule has 1 aliphatic heterocycles. The van der Waals surface area contributed by atoms with Gasteiger partial charge in [0.05, 0.1) is 28.3 Å². The second kappa shape index (κ2) is 12.7. The highest BCUT2D eigenvalue weighted by Gasteiger charge is 2.50. The Morgan fingerprint density at radius 3 is 2.40 bits per heavy atom. The zero-order chi connectivity index (χ0) is 31.6. The first-order valence-electron chi connectivity index (χ1n) is 13.6. The highest BCUT2D eigenvalue weighted by molar-refractivity contribution is 6.34. The molecule has 13 heteroatoms. The van der Waals surface area contributed by atoms with E-state index >= 15 is 4.39 Å². The first-order valence-corrected chi connectivity index (χ1v) is 13.9. The first-order chi connectivity index (χ1) is 19.4. The largest absolute Gasteiger partial charge is 0.488 e. The van der Waals surface area contributed by atoms with Gasteiger partial charge in [0.25, 0.3) is 11.8 Å². The average molecular weight is 608 g/mol. The molecule has 0 saturated carbocycles. The van der Waals surface area contributed by atoms with Gasteiger partial charge < -0.3 is 19.5 Å². The lowest BCUT2D eigenvalue weighted by atomic mass is 10.1. The lowest BCUT2D eigenvalue weighted by Crippen LogP contribution is -2.52. The molecular formula is C29H39ClFN5O6. The molecule has 42 heavy (non-hydrogen) atoms. The maximum atomic E-state index is 15.0. The van der Waals surface area contributed by atoms with Gasteiger partial charge in [-0.25, -0.2) is 14.2 Å². The number of amides is 3. The number of hydrogen-bond donors (Lipinski definition) is 3. The number of hydrogen-bond acceptors (Lipinski definition) is 8. The molecular weight excluding hydrogens is 569 g/mol. The molecule has 1 aliphatic rings. The van der Waals surface area contributed by atoms with Crippen molar-refractivity contribution in [3.8, 4) is 5.75 Å². The van der Waals surface area contributed by atoms with Gasteiger partial charge in [-0.05, 0) is 80.0 Å². The average Bonchev–Trinajstić information content (AvgIpc) is 3.09. The number of halogens is 2. The van der Waals surface area contributed by atoms with Crippen molar-refractivity contribution in [2.45, 2.75) is 91.8 Å². The highest BCUT2D eigenvalue weighted by Crippen LogP contribution is 2.35. The maximum Gasteiger partial charge on any atom is 0.413 e. The number of carbonyl (C=O) groups is 3. The summed E-state index contributed by atoms with van der Waals surface area (Å²) in [6, 6.07) is 3.25. The van der Waals surface area contributed by atoms with Gasteiger partial charge in [0.15, 0.2) is 11.6 Å². The Labute approximate surface area is 250 Å². The third kappa shape index (κ3) is 8.01. The van der Waals surface area contributed by atoms with Crippen LogP contribution in [0.5, 0.6) is 5.75 Å². The molecule has 2 atom stereocenters. The van der Waals surface area contributed by atoms with Gasteiger partial charge in [0.2, 0.25) is 0 Å². The standard InChI is InChI=1S/C29H39ClFN5O6/c1-15(2)33-24-16(3)10-18(13-32-24)25(37)34-35-26(38)19-11-21(31)23(12-20(19)30)40-14-22-17(4)41-29(8,9)36(22)27(39)42-28(5,6)7/h10-13,15,17,22H,14H2,1-9H3,(H,32,33)(H,34,37)(H,35,38)/t17-,22+/m1/s1. The third-order valence-corrected chi connectivity index (χ3v) is 6.56. The van der Waals surface area contributed by atoms with E-state index in [4.69, 9.17) is 25.8 Å². The van der Waals surface area contributed by atoms with E-state index in [1.807, 2.05) is 13.8 Å². The van der Waals surface area contributed by atoms with Crippen LogP contribution in [-0.4, -0.2) is 63.9 Å². The summed E-state index contributed by atoms with van der Waals surface area (Å²) in [5.74, 6) is -1.89. The van der Waals surface area contributed by atoms with Crippen LogP contribution < -0.4 is 20.9 Å². The SMILES string of the molecule is Cc1cc(C(=O)NNC(=O)c2cc(F)c(OC[C@H]3[C@@H](C)OC(C)(C)N3C(=O)OC(C)(C)C)cc2Cl)cnc1NC(C)C. The van der Waals surface area contributed by atoms with Crippen LogP contribution in [0.25, 0.3) is 0 Å². The summed E-state index contributed by atoms with van der Waals surface area (Å²) in [5.41, 5.74) is 3.54. The number of carbonyl (C=O) groups excluding carboxylic acids is 3. The van der Waals surface area contributed by atoms with E-state index in [-0.39, 0.29) is 34.5 Å². The molecule has 1 fully saturated rings. The van der Waals surface area contributed by atoms with E-state index in [0.29, 0.717) is 5.82 Å². The molecule has 3 amide bonds. The number of ether oxygens (including phenoxy) is 3. The molecule has 0 aliphatic carbocycles. The second-order valence-electron chi connectivity index (χ2n) is 11.9. The smallest absolute Gasteiger partial charge is 0.413 e. The quantitative estimate of drug-likeness (QED) is 0.365. The van der Waals surface area contributed by atoms with Gasteiger partial charge in [-0.3, -0.25) is 25.3 Å². The Kier molecular flexibility index (Phi) is 9.94. The van der Waals surface area contributed by atoms with Gasteiger partial charge in [-0.2, -0.15) is 0 Å². The van der Waals surface area contributed by atoms with Crippen LogP contribution in [0.4, 0.5) is 15.0 Å². The van der Waals surface area contributed by atoms with Crippen molar-refractivity contribution >= 4 is 35.3 Å². The number of hydrazine groups is 1. The summed E-state index contributed by atoms with van der Waals surface area (Å²) < 4.78 is 32.2. The molecule has 230 valence electrons. The summed E-state index contributed by atoms with van der Waals surface area (Å²) in [6.07, 6.45) is 0.341. The van der Waals surface area contributed by atoms with E-state index in [2.05, 4.69) is 21.2 Å². The molecule has 3 N–H and O–H groups in total. The van der Waals surface area contributed by atoms with E-state index in [0.717, 1.165) is 17.7 Å². The highest BCUT2D eigenvalue weighted by atomic mass is 35.5. The number of rotatable bonds is 7. The summed E-state index contributed by atoms with van der Waals surface area (Å²) in [7, 11) is 0. The second-order valence-corrected chi connectivity index (χ2v) is 12.3. The van der Waals surface area contributed by atoms with Crippen LogP contribution in [0.1, 0.15) is 81.7 Å². The minimum atomic E-state index is -0.986. The van der Waals surface area contributed by atoms with Crippen molar-refractivity contribution in [1.29, 1.82) is 0 Å². The minimum Gasteiger partial charge on any atom is -0.488 e. The molecule has 0 radical (unpaired) electrons. The van der Waals surface area contributed by atoms with Crippen LogP contribution in [0.3, 0.4) is 0 Å². The van der Waals surface area contributed by atoms with Crippen LogP contribution >= 0.6 is 11.6 Å². The molecule has 0 unspecified atom stereocenters. The van der Waals surface area contributed by atoms with Gasteiger partial charge in [0, 0.05) is 18.3 Å². The number of benzene rings is 1. The lowest BCUT2D eigenvalue weighted by molar-refractivity contribution is -0.0760. The van der Waals surface area contributed by atoms with Crippen LogP contribution in [0.15, 0.2) is 24.4 Å². The number of aromatic nitrogens is 1. The van der Waals surface area contributed by atoms with Crippen LogP contribution in [0, 0.1) is 12.7 Å². The molecule has 1 saturated heterocycles. The van der Waals surface area contributed by atoms with Crippen molar-refractivity contribution in [3.63, 3.8) is 0 Å². The van der Waals surface area contributed by atoms with Crippen molar-refractivity contribution in [1.82, 2.24) is 20.7 Å². The van der Waals surface area contributed by atoms with E-state index in [1.54, 1.807) is 54.5 Å². The van der Waals surface area contributed by atoms with Gasteiger partial charge in [-0.15, -0.1) is 0 Å². The molecule has 0 spiro atoms. The van der Waals surface area contributed by atoms with Gasteiger partial charge >= 0.3 is 6.09 Å². The zero-order valence-corrected chi connectivity index (χ0v) is 26.1. The summed E-state index contributed by atoms with van der Waals surface area (Å²) in [5, 5.41) is 3.06.